The first-order valence-corrected chi connectivity index (χ1v) is 5.48. The van der Waals surface area contributed by atoms with E-state index in [0.717, 1.165) is 6.07 Å². The molecule has 0 aliphatic carbocycles. The van der Waals surface area contributed by atoms with Gasteiger partial charge in [0, 0.05) is 43.0 Å². The third-order valence-electron chi connectivity index (χ3n) is 2.85. The Morgan fingerprint density at radius 1 is 1.21 bits per heavy atom. The zero-order valence-corrected chi connectivity index (χ0v) is 9.89. The maximum atomic E-state index is 13.1. The number of hydrogen-bond donors (Lipinski definition) is 0. The molecule has 0 N–H and O–H groups in total. The van der Waals surface area contributed by atoms with E-state index in [4.69, 9.17) is 0 Å². The molecule has 3 aromatic rings. The highest BCUT2D eigenvalue weighted by Crippen LogP contribution is 2.37. The summed E-state index contributed by atoms with van der Waals surface area (Å²) in [6, 6.07) is 1.04. The van der Waals surface area contributed by atoms with E-state index in [-0.39, 0.29) is 11.2 Å². The van der Waals surface area contributed by atoms with Gasteiger partial charge in [-0.05, 0) is 6.07 Å². The molecule has 0 atom stereocenters. The lowest BCUT2D eigenvalue weighted by molar-refractivity contribution is -0.137. The highest BCUT2D eigenvalue weighted by Gasteiger charge is 2.34. The van der Waals surface area contributed by atoms with Crippen molar-refractivity contribution in [3.8, 4) is 11.1 Å². The van der Waals surface area contributed by atoms with Crippen LogP contribution in [0.4, 0.5) is 13.2 Å². The first-order chi connectivity index (χ1) is 8.95. The Bertz CT molecular complexity index is 739. The van der Waals surface area contributed by atoms with Crippen molar-refractivity contribution < 1.29 is 13.2 Å². The van der Waals surface area contributed by atoms with Crippen LogP contribution >= 0.6 is 0 Å². The van der Waals surface area contributed by atoms with Crippen LogP contribution in [-0.2, 0) is 13.2 Å². The highest BCUT2D eigenvalue weighted by atomic mass is 19.4. The molecule has 0 amide bonds. The molecule has 0 bridgehead atoms. The van der Waals surface area contributed by atoms with E-state index < -0.39 is 11.7 Å². The van der Waals surface area contributed by atoms with Crippen molar-refractivity contribution >= 4 is 5.65 Å². The maximum absolute atomic E-state index is 13.1. The van der Waals surface area contributed by atoms with Crippen LogP contribution in [0.2, 0.25) is 0 Å². The highest BCUT2D eigenvalue weighted by molar-refractivity contribution is 5.68. The van der Waals surface area contributed by atoms with Gasteiger partial charge in [0.1, 0.15) is 5.65 Å². The van der Waals surface area contributed by atoms with Gasteiger partial charge < -0.3 is 4.40 Å². The molecule has 19 heavy (non-hydrogen) atoms. The lowest BCUT2D eigenvalue weighted by Gasteiger charge is -2.12. The van der Waals surface area contributed by atoms with Gasteiger partial charge in [-0.15, -0.1) is 0 Å². The minimum Gasteiger partial charge on any atom is -0.306 e. The molecule has 0 aromatic carbocycles. The van der Waals surface area contributed by atoms with Crippen molar-refractivity contribution in [1.29, 1.82) is 0 Å². The van der Waals surface area contributed by atoms with Gasteiger partial charge in [-0.2, -0.15) is 18.3 Å². The fourth-order valence-corrected chi connectivity index (χ4v) is 1.99. The quantitative estimate of drug-likeness (QED) is 0.679. The van der Waals surface area contributed by atoms with Gasteiger partial charge in [0.15, 0.2) is 0 Å². The Kier molecular flexibility index (Phi) is 2.38. The zero-order valence-electron chi connectivity index (χ0n) is 9.89. The lowest BCUT2D eigenvalue weighted by Crippen LogP contribution is -2.08. The molecular formula is C12H9F3N4. The van der Waals surface area contributed by atoms with E-state index in [1.54, 1.807) is 23.8 Å². The van der Waals surface area contributed by atoms with Gasteiger partial charge in [0.2, 0.25) is 0 Å². The van der Waals surface area contributed by atoms with Gasteiger partial charge in [-0.1, -0.05) is 0 Å². The van der Waals surface area contributed by atoms with Crippen molar-refractivity contribution in [3.63, 3.8) is 0 Å². The van der Waals surface area contributed by atoms with Crippen molar-refractivity contribution in [1.82, 2.24) is 19.2 Å². The average molecular weight is 266 g/mol. The summed E-state index contributed by atoms with van der Waals surface area (Å²) in [5.41, 5.74) is 0.0655. The number of fused-ring (bicyclic) bond motifs is 1. The maximum Gasteiger partial charge on any atom is 0.417 e. The topological polar surface area (TPSA) is 35.1 Å². The number of imidazole rings is 1. The number of pyridine rings is 1. The van der Waals surface area contributed by atoms with Crippen LogP contribution in [-0.4, -0.2) is 19.2 Å². The summed E-state index contributed by atoms with van der Waals surface area (Å²) in [5.74, 6) is 0. The molecule has 98 valence electrons. The molecule has 0 radical (unpaired) electrons. The van der Waals surface area contributed by atoms with E-state index in [9.17, 15) is 13.2 Å². The normalized spacial score (nSPS) is 12.2. The first kappa shape index (κ1) is 11.8. The number of alkyl halides is 3. The van der Waals surface area contributed by atoms with Gasteiger partial charge >= 0.3 is 6.18 Å². The molecule has 0 aliphatic heterocycles. The van der Waals surface area contributed by atoms with E-state index in [1.807, 2.05) is 0 Å². The third kappa shape index (κ3) is 1.96. The summed E-state index contributed by atoms with van der Waals surface area (Å²) < 4.78 is 42.4. The Hall–Kier alpha value is -2.31. The molecule has 3 heterocycles. The minimum atomic E-state index is -4.43. The Morgan fingerprint density at radius 2 is 2.00 bits per heavy atom. The molecule has 0 spiro atoms. The van der Waals surface area contributed by atoms with Crippen molar-refractivity contribution in [2.45, 2.75) is 6.18 Å². The largest absolute Gasteiger partial charge is 0.417 e. The molecule has 0 saturated carbocycles. The molecule has 4 nitrogen and oxygen atoms in total. The van der Waals surface area contributed by atoms with Crippen LogP contribution in [0, 0.1) is 0 Å². The monoisotopic (exact) mass is 266 g/mol. The van der Waals surface area contributed by atoms with Crippen LogP contribution in [0.3, 0.4) is 0 Å². The van der Waals surface area contributed by atoms with Gasteiger partial charge in [-0.25, -0.2) is 4.98 Å². The number of hydrogen-bond acceptors (Lipinski definition) is 2. The predicted molar refractivity (Wildman–Crippen MR) is 62.4 cm³/mol. The Morgan fingerprint density at radius 3 is 2.63 bits per heavy atom. The molecule has 0 fully saturated rings. The van der Waals surface area contributed by atoms with Crippen molar-refractivity contribution in [2.75, 3.05) is 0 Å². The van der Waals surface area contributed by atoms with E-state index in [1.165, 1.54) is 23.3 Å². The fourth-order valence-electron chi connectivity index (χ4n) is 1.99. The molecule has 0 saturated heterocycles. The van der Waals surface area contributed by atoms with Crippen LogP contribution in [0.5, 0.6) is 0 Å². The number of halogens is 3. The average Bonchev–Trinajstić information content (AvgIpc) is 2.93. The second-order valence-electron chi connectivity index (χ2n) is 4.19. The molecule has 3 aromatic heterocycles. The third-order valence-corrected chi connectivity index (χ3v) is 2.85. The smallest absolute Gasteiger partial charge is 0.306 e. The molecule has 3 rings (SSSR count). The van der Waals surface area contributed by atoms with E-state index in [0.29, 0.717) is 5.56 Å². The van der Waals surface area contributed by atoms with Gasteiger partial charge in [-0.3, -0.25) is 4.68 Å². The zero-order chi connectivity index (χ0) is 13.6. The van der Waals surface area contributed by atoms with Crippen LogP contribution in [0.25, 0.3) is 16.8 Å². The molecule has 0 unspecified atom stereocenters. The molecule has 0 aliphatic rings. The summed E-state index contributed by atoms with van der Waals surface area (Å²) in [5, 5.41) is 3.91. The number of aromatic nitrogens is 4. The van der Waals surface area contributed by atoms with E-state index >= 15 is 0 Å². The Labute approximate surface area is 106 Å². The van der Waals surface area contributed by atoms with Crippen molar-refractivity contribution in [3.05, 3.63) is 42.6 Å². The lowest BCUT2D eigenvalue weighted by atomic mass is 10.0. The molecule has 7 heteroatoms. The first-order valence-electron chi connectivity index (χ1n) is 5.48. The van der Waals surface area contributed by atoms with Gasteiger partial charge in [0.05, 0.1) is 11.8 Å². The summed E-state index contributed by atoms with van der Waals surface area (Å²) in [7, 11) is 1.66. The minimum absolute atomic E-state index is 0.0890. The fraction of sp³-hybridized carbons (Fsp3) is 0.167. The van der Waals surface area contributed by atoms with Crippen molar-refractivity contribution in [2.24, 2.45) is 7.05 Å². The Balaban J connectivity index is 2.31. The van der Waals surface area contributed by atoms with Gasteiger partial charge in [0.25, 0.3) is 0 Å². The summed E-state index contributed by atoms with van der Waals surface area (Å²) in [6.45, 7) is 0. The van der Waals surface area contributed by atoms with Crippen LogP contribution < -0.4 is 0 Å². The summed E-state index contributed by atoms with van der Waals surface area (Å²) >= 11 is 0. The molecular weight excluding hydrogens is 257 g/mol. The standard InChI is InChI=1S/C12H9F3N4/c1-18-6-8(5-17-18)9-7-19-3-2-16-11(19)4-10(9)12(13,14)15/h2-7H,1H3. The number of nitrogens with zero attached hydrogens (tertiary/aromatic N) is 4. The number of rotatable bonds is 1. The van der Waals surface area contributed by atoms with Crippen LogP contribution in [0.1, 0.15) is 5.56 Å². The summed E-state index contributed by atoms with van der Waals surface area (Å²) in [6.07, 6.45) is 3.01. The predicted octanol–water partition coefficient (Wildman–Crippen LogP) is 2.75. The number of aryl methyl sites for hydroxylation is 1. The SMILES string of the molecule is Cn1cc(-c2cn3ccnc3cc2C(F)(F)F)cn1. The second-order valence-corrected chi connectivity index (χ2v) is 4.19. The van der Waals surface area contributed by atoms with Crippen LogP contribution in [0.15, 0.2) is 37.1 Å². The summed E-state index contributed by atoms with van der Waals surface area (Å²) in [4.78, 5) is 3.87. The second kappa shape index (κ2) is 3.84. The van der Waals surface area contributed by atoms with E-state index in [2.05, 4.69) is 10.1 Å².